The predicted molar refractivity (Wildman–Crippen MR) is 86.6 cm³/mol. The van der Waals surface area contributed by atoms with Gasteiger partial charge in [-0.3, -0.25) is 0 Å². The molecule has 0 unspecified atom stereocenters. The summed E-state index contributed by atoms with van der Waals surface area (Å²) in [6.07, 6.45) is 0. The largest absolute Gasteiger partial charge is 0.488 e. The number of halogens is 1. The fourth-order valence-corrected chi connectivity index (χ4v) is 2.87. The summed E-state index contributed by atoms with van der Waals surface area (Å²) < 4.78 is 12.3. The SMILES string of the molecule is CCNCc1cc(Br)cc(C)c1OCc1c(C)noc1C. The van der Waals surface area contributed by atoms with Gasteiger partial charge in [-0.1, -0.05) is 28.0 Å². The minimum Gasteiger partial charge on any atom is -0.488 e. The maximum Gasteiger partial charge on any atom is 0.140 e. The highest BCUT2D eigenvalue weighted by molar-refractivity contribution is 9.10. The van der Waals surface area contributed by atoms with Crippen LogP contribution in [-0.2, 0) is 13.2 Å². The minimum absolute atomic E-state index is 0.475. The van der Waals surface area contributed by atoms with E-state index in [0.29, 0.717) is 6.61 Å². The Morgan fingerprint density at radius 3 is 2.67 bits per heavy atom. The van der Waals surface area contributed by atoms with Crippen LogP contribution >= 0.6 is 15.9 Å². The lowest BCUT2D eigenvalue weighted by molar-refractivity contribution is 0.296. The minimum atomic E-state index is 0.475. The fraction of sp³-hybridized carbons (Fsp3) is 0.438. The smallest absolute Gasteiger partial charge is 0.140 e. The first-order valence-corrected chi connectivity index (χ1v) is 7.86. The van der Waals surface area contributed by atoms with E-state index in [1.165, 1.54) is 0 Å². The Balaban J connectivity index is 2.22. The van der Waals surface area contributed by atoms with Crippen molar-refractivity contribution in [2.45, 2.75) is 40.8 Å². The van der Waals surface area contributed by atoms with Crippen molar-refractivity contribution >= 4 is 15.9 Å². The predicted octanol–water partition coefficient (Wildman–Crippen LogP) is 4.05. The van der Waals surface area contributed by atoms with Gasteiger partial charge < -0.3 is 14.6 Å². The van der Waals surface area contributed by atoms with Crippen LogP contribution in [-0.4, -0.2) is 11.7 Å². The maximum atomic E-state index is 6.07. The molecule has 1 aromatic heterocycles. The van der Waals surface area contributed by atoms with Crippen molar-refractivity contribution in [1.29, 1.82) is 0 Å². The van der Waals surface area contributed by atoms with Gasteiger partial charge in [0.05, 0.1) is 11.3 Å². The summed E-state index contributed by atoms with van der Waals surface area (Å²) in [5.74, 6) is 1.75. The van der Waals surface area contributed by atoms with Gasteiger partial charge in [-0.05, 0) is 45.0 Å². The Bertz CT molecular complexity index is 603. The molecule has 1 N–H and O–H groups in total. The second-order valence-electron chi connectivity index (χ2n) is 5.08. The monoisotopic (exact) mass is 352 g/mol. The van der Waals surface area contributed by atoms with Gasteiger partial charge in [0, 0.05) is 16.6 Å². The lowest BCUT2D eigenvalue weighted by Crippen LogP contribution is -2.13. The van der Waals surface area contributed by atoms with E-state index < -0.39 is 0 Å². The zero-order valence-corrected chi connectivity index (χ0v) is 14.5. The summed E-state index contributed by atoms with van der Waals surface area (Å²) in [5.41, 5.74) is 4.17. The molecule has 0 aliphatic carbocycles. The molecular formula is C16H21BrN2O2. The molecular weight excluding hydrogens is 332 g/mol. The Labute approximate surface area is 134 Å². The number of hydrogen-bond acceptors (Lipinski definition) is 4. The quantitative estimate of drug-likeness (QED) is 0.851. The van der Waals surface area contributed by atoms with Crippen LogP contribution in [0.15, 0.2) is 21.1 Å². The summed E-state index contributed by atoms with van der Waals surface area (Å²) in [7, 11) is 0. The van der Waals surface area contributed by atoms with Crippen molar-refractivity contribution in [3.63, 3.8) is 0 Å². The molecule has 0 fully saturated rings. The van der Waals surface area contributed by atoms with Gasteiger partial charge in [0.15, 0.2) is 0 Å². The first-order chi connectivity index (χ1) is 10.0. The molecule has 1 heterocycles. The van der Waals surface area contributed by atoms with Gasteiger partial charge >= 0.3 is 0 Å². The van der Waals surface area contributed by atoms with Gasteiger partial charge in [-0.15, -0.1) is 0 Å². The standard InChI is InChI=1S/C16H21BrN2O2/c1-5-18-8-13-7-14(17)6-10(2)16(13)20-9-15-11(3)19-21-12(15)4/h6-7,18H,5,8-9H2,1-4H3. The lowest BCUT2D eigenvalue weighted by Gasteiger charge is -2.15. The summed E-state index contributed by atoms with van der Waals surface area (Å²) >= 11 is 3.54. The fourth-order valence-electron chi connectivity index (χ4n) is 2.25. The van der Waals surface area contributed by atoms with Crippen LogP contribution in [0.4, 0.5) is 0 Å². The summed E-state index contributed by atoms with van der Waals surface area (Å²) in [4.78, 5) is 0. The molecule has 0 amide bonds. The van der Waals surface area contributed by atoms with Gasteiger partial charge in [-0.2, -0.15) is 0 Å². The van der Waals surface area contributed by atoms with E-state index in [1.807, 2.05) is 13.8 Å². The molecule has 0 atom stereocenters. The van der Waals surface area contributed by atoms with E-state index >= 15 is 0 Å². The molecule has 0 bridgehead atoms. The van der Waals surface area contributed by atoms with Gasteiger partial charge in [0.2, 0.25) is 0 Å². The molecule has 0 aliphatic rings. The van der Waals surface area contributed by atoms with E-state index in [2.05, 4.69) is 52.4 Å². The molecule has 114 valence electrons. The average Bonchev–Trinajstić information content (AvgIpc) is 2.75. The zero-order valence-electron chi connectivity index (χ0n) is 12.9. The van der Waals surface area contributed by atoms with Crippen molar-refractivity contribution in [3.8, 4) is 5.75 Å². The van der Waals surface area contributed by atoms with Crippen molar-refractivity contribution < 1.29 is 9.26 Å². The Hall–Kier alpha value is -1.33. The number of nitrogens with zero attached hydrogens (tertiary/aromatic N) is 1. The first kappa shape index (κ1) is 16.0. The van der Waals surface area contributed by atoms with E-state index in [0.717, 1.165) is 51.5 Å². The normalized spacial score (nSPS) is 10.9. The van der Waals surface area contributed by atoms with Crippen LogP contribution in [0, 0.1) is 20.8 Å². The summed E-state index contributed by atoms with van der Waals surface area (Å²) in [6.45, 7) is 10.2. The second kappa shape index (κ2) is 7.09. The third-order valence-corrected chi connectivity index (χ3v) is 3.88. The number of benzene rings is 1. The molecule has 0 saturated heterocycles. The topological polar surface area (TPSA) is 47.3 Å². The van der Waals surface area contributed by atoms with Crippen LogP contribution < -0.4 is 10.1 Å². The van der Waals surface area contributed by atoms with Crippen LogP contribution in [0.5, 0.6) is 5.75 Å². The molecule has 21 heavy (non-hydrogen) atoms. The maximum absolute atomic E-state index is 6.07. The lowest BCUT2D eigenvalue weighted by atomic mass is 10.1. The molecule has 0 spiro atoms. The Morgan fingerprint density at radius 1 is 1.29 bits per heavy atom. The van der Waals surface area contributed by atoms with Crippen molar-refractivity contribution in [3.05, 3.63) is 44.7 Å². The molecule has 0 radical (unpaired) electrons. The van der Waals surface area contributed by atoms with Crippen LogP contribution in [0.3, 0.4) is 0 Å². The summed E-state index contributed by atoms with van der Waals surface area (Å²) in [6, 6.07) is 4.16. The number of rotatable bonds is 6. The van der Waals surface area contributed by atoms with Gasteiger partial charge in [0.1, 0.15) is 18.1 Å². The number of ether oxygens (including phenoxy) is 1. The molecule has 5 heteroatoms. The van der Waals surface area contributed by atoms with E-state index in [9.17, 15) is 0 Å². The van der Waals surface area contributed by atoms with E-state index in [1.54, 1.807) is 0 Å². The third kappa shape index (κ3) is 3.86. The second-order valence-corrected chi connectivity index (χ2v) is 6.00. The highest BCUT2D eigenvalue weighted by atomic mass is 79.9. The molecule has 0 aliphatic heterocycles. The molecule has 2 rings (SSSR count). The third-order valence-electron chi connectivity index (χ3n) is 3.42. The van der Waals surface area contributed by atoms with Crippen LogP contribution in [0.2, 0.25) is 0 Å². The average molecular weight is 353 g/mol. The molecule has 0 saturated carbocycles. The van der Waals surface area contributed by atoms with Gasteiger partial charge in [0.25, 0.3) is 0 Å². The highest BCUT2D eigenvalue weighted by Gasteiger charge is 2.13. The Kier molecular flexibility index (Phi) is 5.42. The summed E-state index contributed by atoms with van der Waals surface area (Å²) in [5, 5.41) is 7.31. The number of nitrogens with one attached hydrogen (secondary N) is 1. The van der Waals surface area contributed by atoms with Crippen LogP contribution in [0.25, 0.3) is 0 Å². The highest BCUT2D eigenvalue weighted by Crippen LogP contribution is 2.29. The van der Waals surface area contributed by atoms with Crippen LogP contribution in [0.1, 0.15) is 35.1 Å². The van der Waals surface area contributed by atoms with Crippen molar-refractivity contribution in [1.82, 2.24) is 10.5 Å². The molecule has 2 aromatic rings. The van der Waals surface area contributed by atoms with E-state index in [-0.39, 0.29) is 0 Å². The van der Waals surface area contributed by atoms with Crippen molar-refractivity contribution in [2.75, 3.05) is 6.54 Å². The first-order valence-electron chi connectivity index (χ1n) is 7.07. The zero-order chi connectivity index (χ0) is 15.4. The number of aromatic nitrogens is 1. The number of hydrogen-bond donors (Lipinski definition) is 1. The molecule has 1 aromatic carbocycles. The molecule has 4 nitrogen and oxygen atoms in total. The number of aryl methyl sites for hydroxylation is 3. The Morgan fingerprint density at radius 2 is 2.05 bits per heavy atom. The van der Waals surface area contributed by atoms with Crippen molar-refractivity contribution in [2.24, 2.45) is 0 Å². The van der Waals surface area contributed by atoms with E-state index in [4.69, 9.17) is 9.26 Å². The van der Waals surface area contributed by atoms with Gasteiger partial charge in [-0.25, -0.2) is 0 Å².